The van der Waals surface area contributed by atoms with E-state index in [-0.39, 0.29) is 17.2 Å². The average molecular weight is 296 g/mol. The van der Waals surface area contributed by atoms with Crippen molar-refractivity contribution in [3.8, 4) is 5.75 Å². The van der Waals surface area contributed by atoms with Crippen molar-refractivity contribution in [3.63, 3.8) is 0 Å². The Kier molecular flexibility index (Phi) is 3.91. The van der Waals surface area contributed by atoms with Gasteiger partial charge in [-0.2, -0.15) is 0 Å². The molecule has 0 bridgehead atoms. The number of hydrogen-bond acceptors (Lipinski definition) is 4. The lowest BCUT2D eigenvalue weighted by Crippen LogP contribution is -2.12. The summed E-state index contributed by atoms with van der Waals surface area (Å²) in [5.41, 5.74) is 1.03. The molecule has 5 nitrogen and oxygen atoms in total. The van der Waals surface area contributed by atoms with Crippen molar-refractivity contribution in [2.75, 3.05) is 5.32 Å². The van der Waals surface area contributed by atoms with Crippen LogP contribution in [0.1, 0.15) is 5.56 Å². The number of nitrogens with one attached hydrogen (secondary N) is 1. The van der Waals surface area contributed by atoms with Gasteiger partial charge in [-0.1, -0.05) is 0 Å². The molecule has 0 aliphatic rings. The minimum atomic E-state index is -3.72. The van der Waals surface area contributed by atoms with Crippen LogP contribution in [-0.2, 0) is 16.6 Å². The van der Waals surface area contributed by atoms with Crippen LogP contribution in [0, 0.1) is 5.82 Å². The van der Waals surface area contributed by atoms with Gasteiger partial charge in [-0.3, -0.25) is 0 Å². The van der Waals surface area contributed by atoms with E-state index in [0.29, 0.717) is 11.3 Å². The van der Waals surface area contributed by atoms with Gasteiger partial charge in [-0.25, -0.2) is 17.9 Å². The maximum absolute atomic E-state index is 13.0. The fourth-order valence-electron chi connectivity index (χ4n) is 1.66. The molecule has 2 aromatic carbocycles. The molecule has 0 saturated heterocycles. The lowest BCUT2D eigenvalue weighted by molar-refractivity contribution is 0.466. The zero-order valence-corrected chi connectivity index (χ0v) is 11.2. The summed E-state index contributed by atoms with van der Waals surface area (Å²) < 4.78 is 35.2. The standard InChI is InChI=1S/C13H13FN2O3S/c14-10-1-6-13(17)9(7-10)8-16-11-2-4-12(5-3-11)20(15,18)19/h1-7,16-17H,8H2,(H2,15,18,19). The van der Waals surface area contributed by atoms with E-state index in [2.05, 4.69) is 5.32 Å². The second kappa shape index (κ2) is 5.48. The van der Waals surface area contributed by atoms with Crippen molar-refractivity contribution in [3.05, 3.63) is 53.8 Å². The Morgan fingerprint density at radius 2 is 1.80 bits per heavy atom. The molecule has 4 N–H and O–H groups in total. The van der Waals surface area contributed by atoms with Gasteiger partial charge < -0.3 is 10.4 Å². The molecule has 0 amide bonds. The lowest BCUT2D eigenvalue weighted by Gasteiger charge is -2.08. The number of benzene rings is 2. The molecule has 2 rings (SSSR count). The fourth-order valence-corrected chi connectivity index (χ4v) is 2.17. The van der Waals surface area contributed by atoms with Crippen molar-refractivity contribution in [1.29, 1.82) is 0 Å². The maximum Gasteiger partial charge on any atom is 0.238 e. The number of sulfonamides is 1. The number of aromatic hydroxyl groups is 1. The van der Waals surface area contributed by atoms with Crippen LogP contribution >= 0.6 is 0 Å². The van der Waals surface area contributed by atoms with Gasteiger partial charge in [0.25, 0.3) is 0 Å². The second-order valence-electron chi connectivity index (χ2n) is 4.20. The van der Waals surface area contributed by atoms with Crippen LogP contribution in [0.5, 0.6) is 5.75 Å². The first-order valence-electron chi connectivity index (χ1n) is 5.70. The van der Waals surface area contributed by atoms with E-state index in [1.165, 1.54) is 42.5 Å². The van der Waals surface area contributed by atoms with Crippen LogP contribution in [0.15, 0.2) is 47.4 Å². The van der Waals surface area contributed by atoms with Crippen LogP contribution < -0.4 is 10.5 Å². The Morgan fingerprint density at radius 3 is 2.40 bits per heavy atom. The minimum Gasteiger partial charge on any atom is -0.508 e. The predicted octanol–water partition coefficient (Wildman–Crippen LogP) is 1.79. The van der Waals surface area contributed by atoms with Crippen molar-refractivity contribution in [2.45, 2.75) is 11.4 Å². The van der Waals surface area contributed by atoms with E-state index < -0.39 is 15.8 Å². The molecule has 0 atom stereocenters. The summed E-state index contributed by atoms with van der Waals surface area (Å²) in [6.07, 6.45) is 0. The highest BCUT2D eigenvalue weighted by Gasteiger charge is 2.07. The van der Waals surface area contributed by atoms with Gasteiger partial charge in [0.2, 0.25) is 10.0 Å². The third kappa shape index (κ3) is 3.46. The van der Waals surface area contributed by atoms with Gasteiger partial charge in [0.05, 0.1) is 4.90 Å². The molecule has 20 heavy (non-hydrogen) atoms. The molecule has 0 heterocycles. The Bertz CT molecular complexity index is 715. The molecule has 7 heteroatoms. The summed E-state index contributed by atoms with van der Waals surface area (Å²) >= 11 is 0. The molecule has 0 radical (unpaired) electrons. The number of halogens is 1. The number of anilines is 1. The SMILES string of the molecule is NS(=O)(=O)c1ccc(NCc2cc(F)ccc2O)cc1. The largest absolute Gasteiger partial charge is 0.508 e. The van der Waals surface area contributed by atoms with Crippen LogP contribution in [0.3, 0.4) is 0 Å². The first-order chi connectivity index (χ1) is 9.36. The summed E-state index contributed by atoms with van der Waals surface area (Å²) in [5.74, 6) is -0.454. The Labute approximate surface area is 115 Å². The molecular weight excluding hydrogens is 283 g/mol. The molecule has 0 spiro atoms. The molecule has 0 aromatic heterocycles. The first kappa shape index (κ1) is 14.3. The summed E-state index contributed by atoms with van der Waals surface area (Å²) in [4.78, 5) is 0.0108. The summed E-state index contributed by atoms with van der Waals surface area (Å²) in [6, 6.07) is 9.47. The first-order valence-corrected chi connectivity index (χ1v) is 7.25. The van der Waals surface area contributed by atoms with Crippen LogP contribution in [-0.4, -0.2) is 13.5 Å². The van der Waals surface area contributed by atoms with Crippen molar-refractivity contribution >= 4 is 15.7 Å². The molecule has 2 aromatic rings. The molecule has 0 fully saturated rings. The number of primary sulfonamides is 1. The van der Waals surface area contributed by atoms with Crippen molar-refractivity contribution in [2.24, 2.45) is 5.14 Å². The zero-order valence-electron chi connectivity index (χ0n) is 10.4. The highest BCUT2D eigenvalue weighted by molar-refractivity contribution is 7.89. The fraction of sp³-hybridized carbons (Fsp3) is 0.0769. The zero-order chi connectivity index (χ0) is 14.8. The monoisotopic (exact) mass is 296 g/mol. The van der Waals surface area contributed by atoms with Gasteiger partial charge >= 0.3 is 0 Å². The normalized spacial score (nSPS) is 11.3. The van der Waals surface area contributed by atoms with Crippen molar-refractivity contribution < 1.29 is 17.9 Å². The Balaban J connectivity index is 2.10. The average Bonchev–Trinajstić information content (AvgIpc) is 2.39. The highest BCUT2D eigenvalue weighted by Crippen LogP contribution is 2.20. The number of phenols is 1. The number of rotatable bonds is 4. The number of phenolic OH excluding ortho intramolecular Hbond substituents is 1. The minimum absolute atomic E-state index is 0.0108. The van der Waals surface area contributed by atoms with Gasteiger partial charge in [0.15, 0.2) is 0 Å². The van der Waals surface area contributed by atoms with Gasteiger partial charge in [0, 0.05) is 17.8 Å². The summed E-state index contributed by atoms with van der Waals surface area (Å²) in [6.45, 7) is 0.207. The summed E-state index contributed by atoms with van der Waals surface area (Å²) in [7, 11) is -3.72. The molecular formula is C13H13FN2O3S. The van der Waals surface area contributed by atoms with Crippen LogP contribution in [0.2, 0.25) is 0 Å². The second-order valence-corrected chi connectivity index (χ2v) is 5.76. The molecule has 106 valence electrons. The van der Waals surface area contributed by atoms with E-state index in [9.17, 15) is 17.9 Å². The van der Waals surface area contributed by atoms with Crippen LogP contribution in [0.4, 0.5) is 10.1 Å². The Hall–Kier alpha value is -2.12. The van der Waals surface area contributed by atoms with E-state index in [1.807, 2.05) is 0 Å². The predicted molar refractivity (Wildman–Crippen MR) is 73.2 cm³/mol. The van der Waals surface area contributed by atoms with Gasteiger partial charge in [0.1, 0.15) is 11.6 Å². The number of hydrogen-bond donors (Lipinski definition) is 3. The molecule has 0 aliphatic heterocycles. The Morgan fingerprint density at radius 1 is 1.15 bits per heavy atom. The van der Waals surface area contributed by atoms with E-state index in [1.54, 1.807) is 0 Å². The third-order valence-corrected chi connectivity index (χ3v) is 3.64. The van der Waals surface area contributed by atoms with E-state index in [0.717, 1.165) is 0 Å². The highest BCUT2D eigenvalue weighted by atomic mass is 32.2. The van der Waals surface area contributed by atoms with Crippen LogP contribution in [0.25, 0.3) is 0 Å². The smallest absolute Gasteiger partial charge is 0.238 e. The molecule has 0 aliphatic carbocycles. The third-order valence-electron chi connectivity index (χ3n) is 2.71. The summed E-state index contributed by atoms with van der Waals surface area (Å²) in [5, 5.41) is 17.5. The molecule has 0 unspecified atom stereocenters. The quantitative estimate of drug-likeness (QED) is 0.802. The lowest BCUT2D eigenvalue weighted by atomic mass is 10.2. The molecule has 0 saturated carbocycles. The van der Waals surface area contributed by atoms with E-state index >= 15 is 0 Å². The van der Waals surface area contributed by atoms with E-state index in [4.69, 9.17) is 5.14 Å². The topological polar surface area (TPSA) is 92.4 Å². The van der Waals surface area contributed by atoms with Gasteiger partial charge in [-0.05, 0) is 42.5 Å². The van der Waals surface area contributed by atoms with Gasteiger partial charge in [-0.15, -0.1) is 0 Å². The van der Waals surface area contributed by atoms with Crippen molar-refractivity contribution in [1.82, 2.24) is 0 Å². The maximum atomic E-state index is 13.0. The number of nitrogens with two attached hydrogens (primary N) is 1.